The Balaban J connectivity index is 1.37. The second-order valence-corrected chi connectivity index (χ2v) is 11.8. The Labute approximate surface area is 272 Å². The van der Waals surface area contributed by atoms with E-state index in [1.165, 1.54) is 17.8 Å². The lowest BCUT2D eigenvalue weighted by molar-refractivity contribution is -0.268. The van der Waals surface area contributed by atoms with Crippen LogP contribution in [-0.4, -0.2) is 45.7 Å². The number of hydrogen-bond donors (Lipinski definition) is 3. The van der Waals surface area contributed by atoms with Crippen molar-refractivity contribution < 1.29 is 34.0 Å². The first-order valence-corrected chi connectivity index (χ1v) is 15.9. The molecule has 5 rings (SSSR count). The molecule has 4 aromatic rings. The third kappa shape index (κ3) is 8.02. The number of hydrogen-bond acceptors (Lipinski definition) is 8. The van der Waals surface area contributed by atoms with Crippen LogP contribution in [0.4, 0.5) is 4.79 Å². The van der Waals surface area contributed by atoms with Crippen LogP contribution in [0.3, 0.4) is 0 Å². The van der Waals surface area contributed by atoms with Crippen LogP contribution >= 0.6 is 11.8 Å². The quantitative estimate of drug-likeness (QED) is 0.112. The monoisotopic (exact) mass is 640 g/mol. The van der Waals surface area contributed by atoms with E-state index in [9.17, 15) is 19.8 Å². The number of amides is 1. The number of rotatable bonds is 12. The van der Waals surface area contributed by atoms with Crippen molar-refractivity contribution in [3.8, 4) is 11.1 Å². The summed E-state index contributed by atoms with van der Waals surface area (Å²) in [6.07, 6.45) is 1.30. The van der Waals surface area contributed by atoms with Crippen molar-refractivity contribution in [2.24, 2.45) is 5.92 Å². The van der Waals surface area contributed by atoms with Gasteiger partial charge in [-0.25, -0.2) is 14.6 Å². The average molecular weight is 641 g/mol. The molecule has 1 amide bonds. The van der Waals surface area contributed by atoms with E-state index in [2.05, 4.69) is 23.8 Å². The number of benzene rings is 3. The van der Waals surface area contributed by atoms with Crippen molar-refractivity contribution in [2.75, 3.05) is 12.4 Å². The van der Waals surface area contributed by atoms with Crippen LogP contribution in [-0.2, 0) is 27.4 Å². The molecule has 0 aliphatic carbocycles. The number of pyridine rings is 1. The first kappa shape index (κ1) is 32.9. The Kier molecular flexibility index (Phi) is 11.2. The maximum absolute atomic E-state index is 12.0. The number of carboxylic acids is 1. The fourth-order valence-electron chi connectivity index (χ4n) is 5.27. The number of aromatic nitrogens is 1. The van der Waals surface area contributed by atoms with Crippen LogP contribution in [0.15, 0.2) is 109 Å². The molecule has 2 heterocycles. The number of alkyl carbamates (subject to hydrolysis) is 1. The Bertz CT molecular complexity index is 1650. The van der Waals surface area contributed by atoms with Crippen LogP contribution in [0.25, 0.3) is 11.1 Å². The predicted molar refractivity (Wildman–Crippen MR) is 175 cm³/mol. The highest BCUT2D eigenvalue weighted by Crippen LogP contribution is 2.43. The molecule has 0 unspecified atom stereocenters. The molecule has 9 nitrogen and oxygen atoms in total. The maximum atomic E-state index is 12.0. The van der Waals surface area contributed by atoms with Gasteiger partial charge in [0.2, 0.25) is 0 Å². The number of nitrogens with zero attached hydrogens (tertiary/aromatic N) is 1. The molecule has 0 saturated carbocycles. The molecular weight excluding hydrogens is 604 g/mol. The third-order valence-corrected chi connectivity index (χ3v) is 8.87. The molecule has 3 aromatic carbocycles. The summed E-state index contributed by atoms with van der Waals surface area (Å²) < 4.78 is 18.2. The Morgan fingerprint density at radius 3 is 2.46 bits per heavy atom. The first-order valence-electron chi connectivity index (χ1n) is 14.9. The van der Waals surface area contributed by atoms with E-state index < -0.39 is 18.4 Å². The zero-order valence-corrected chi connectivity index (χ0v) is 26.2. The SMILES string of the molecule is C=CCOC(=O)NCc1ccccc1-c1ccc([C@@H]2O[C@H](CSc3ncccc3C(=O)O)[C@H](C)[C@H](c3ccc(CO)cc3)O2)cc1. The molecule has 1 aliphatic rings. The minimum atomic E-state index is -1.03. The number of nitrogens with one attached hydrogen (secondary N) is 1. The fraction of sp³-hybridized carbons (Fsp3) is 0.250. The van der Waals surface area contributed by atoms with Gasteiger partial charge in [0.05, 0.1) is 24.4 Å². The number of aromatic carboxylic acids is 1. The van der Waals surface area contributed by atoms with E-state index in [4.69, 9.17) is 14.2 Å². The van der Waals surface area contributed by atoms with Crippen molar-refractivity contribution in [3.63, 3.8) is 0 Å². The van der Waals surface area contributed by atoms with Gasteiger partial charge < -0.3 is 29.7 Å². The summed E-state index contributed by atoms with van der Waals surface area (Å²) in [5.41, 5.74) is 5.62. The Morgan fingerprint density at radius 2 is 1.74 bits per heavy atom. The van der Waals surface area contributed by atoms with E-state index in [0.29, 0.717) is 17.3 Å². The largest absolute Gasteiger partial charge is 0.478 e. The number of aliphatic hydroxyl groups is 1. The number of carbonyl (C=O) groups excluding carboxylic acids is 1. The van der Waals surface area contributed by atoms with Crippen molar-refractivity contribution in [1.82, 2.24) is 10.3 Å². The summed E-state index contributed by atoms with van der Waals surface area (Å²) in [6, 6.07) is 26.6. The van der Waals surface area contributed by atoms with Crippen molar-refractivity contribution in [3.05, 3.63) is 132 Å². The highest BCUT2D eigenvalue weighted by atomic mass is 32.2. The summed E-state index contributed by atoms with van der Waals surface area (Å²) in [5.74, 6) is -0.629. The first-order chi connectivity index (χ1) is 22.4. The number of carboxylic acid groups (broad SMARTS) is 1. The second-order valence-electron chi connectivity index (χ2n) is 10.8. The van der Waals surface area contributed by atoms with E-state index in [1.54, 1.807) is 18.3 Å². The third-order valence-electron chi connectivity index (χ3n) is 7.78. The zero-order chi connectivity index (χ0) is 32.5. The van der Waals surface area contributed by atoms with Gasteiger partial charge in [-0.3, -0.25) is 0 Å². The molecule has 4 atom stereocenters. The lowest BCUT2D eigenvalue weighted by Gasteiger charge is -2.41. The molecule has 0 radical (unpaired) electrons. The fourth-order valence-corrected chi connectivity index (χ4v) is 6.42. The standard InChI is InChI=1S/C36H36N2O7S/c1-3-19-43-36(42)38-20-28-7-4-5-8-29(28)25-14-16-27(17-15-25)35-44-31(22-46-33-30(34(40)41)9-6-18-37-33)23(2)32(45-35)26-12-10-24(21-39)11-13-26/h3-18,23,31-32,35,39H,1,19-22H2,2H3,(H,38,42)(H,40,41)/t23-,31+,32+,35+/m0/s1. The van der Waals surface area contributed by atoms with Crippen molar-refractivity contribution >= 4 is 23.8 Å². The minimum Gasteiger partial charge on any atom is -0.478 e. The highest BCUT2D eigenvalue weighted by Gasteiger charge is 2.38. The Morgan fingerprint density at radius 1 is 1.00 bits per heavy atom. The molecule has 3 N–H and O–H groups in total. The lowest BCUT2D eigenvalue weighted by atomic mass is 9.91. The van der Waals surface area contributed by atoms with E-state index >= 15 is 0 Å². The summed E-state index contributed by atoms with van der Waals surface area (Å²) in [4.78, 5) is 28.0. The van der Waals surface area contributed by atoms with Gasteiger partial charge in [-0.05, 0) is 39.9 Å². The molecule has 1 saturated heterocycles. The average Bonchev–Trinajstić information content (AvgIpc) is 3.09. The van der Waals surface area contributed by atoms with E-state index in [0.717, 1.165) is 33.4 Å². The highest BCUT2D eigenvalue weighted by molar-refractivity contribution is 7.99. The van der Waals surface area contributed by atoms with Crippen LogP contribution < -0.4 is 5.32 Å². The van der Waals surface area contributed by atoms with Gasteiger partial charge in [0, 0.05) is 30.0 Å². The molecule has 0 bridgehead atoms. The number of carbonyl (C=O) groups is 2. The van der Waals surface area contributed by atoms with Crippen molar-refractivity contribution in [2.45, 2.75) is 43.6 Å². The van der Waals surface area contributed by atoms with Crippen LogP contribution in [0.2, 0.25) is 0 Å². The summed E-state index contributed by atoms with van der Waals surface area (Å²) in [5, 5.41) is 22.4. The topological polar surface area (TPSA) is 127 Å². The van der Waals surface area contributed by atoms with Gasteiger partial charge >= 0.3 is 12.1 Å². The van der Waals surface area contributed by atoms with Crippen molar-refractivity contribution in [1.29, 1.82) is 0 Å². The molecule has 1 aliphatic heterocycles. The van der Waals surface area contributed by atoms with Gasteiger partial charge in [0.1, 0.15) is 11.6 Å². The van der Waals surface area contributed by atoms with Gasteiger partial charge in [-0.2, -0.15) is 0 Å². The lowest BCUT2D eigenvalue weighted by Crippen LogP contribution is -2.38. The van der Waals surface area contributed by atoms with Gasteiger partial charge in [-0.1, -0.05) is 92.4 Å². The summed E-state index contributed by atoms with van der Waals surface area (Å²) in [7, 11) is 0. The second kappa shape index (κ2) is 15.7. The number of ether oxygens (including phenoxy) is 3. The smallest absolute Gasteiger partial charge is 0.407 e. The van der Waals surface area contributed by atoms with E-state index in [-0.39, 0.29) is 36.9 Å². The molecule has 1 aromatic heterocycles. The molecule has 1 fully saturated rings. The van der Waals surface area contributed by atoms with Gasteiger partial charge in [0.15, 0.2) is 6.29 Å². The van der Waals surface area contributed by atoms with Gasteiger partial charge in [0.25, 0.3) is 0 Å². The van der Waals surface area contributed by atoms with Gasteiger partial charge in [-0.15, -0.1) is 11.8 Å². The molecule has 0 spiro atoms. The molecule has 10 heteroatoms. The van der Waals surface area contributed by atoms with E-state index in [1.807, 2.05) is 72.8 Å². The minimum absolute atomic E-state index is 0.0483. The maximum Gasteiger partial charge on any atom is 0.407 e. The molecule has 46 heavy (non-hydrogen) atoms. The number of aliphatic hydroxyl groups excluding tert-OH is 1. The normalized spacial score (nSPS) is 19.3. The zero-order valence-electron chi connectivity index (χ0n) is 25.4. The molecular formula is C36H36N2O7S. The molecule has 238 valence electrons. The van der Waals surface area contributed by atoms with Crippen LogP contribution in [0.1, 0.15) is 51.9 Å². The Hall–Kier alpha value is -4.48. The number of thioether (sulfide) groups is 1. The summed E-state index contributed by atoms with van der Waals surface area (Å²) >= 11 is 1.35. The van der Waals surface area contributed by atoms with Crippen LogP contribution in [0.5, 0.6) is 0 Å². The predicted octanol–water partition coefficient (Wildman–Crippen LogP) is 6.94. The van der Waals surface area contributed by atoms with Crippen LogP contribution in [0, 0.1) is 5.92 Å². The summed E-state index contributed by atoms with van der Waals surface area (Å²) in [6.45, 7) is 6.01.